The number of alkyl halides is 1. The topological polar surface area (TPSA) is 38.9 Å². The molecule has 0 saturated heterocycles. The van der Waals surface area contributed by atoms with Gasteiger partial charge in [-0.2, -0.15) is 0 Å². The maximum atomic E-state index is 12.3. The molecule has 0 aliphatic carbocycles. The van der Waals surface area contributed by atoms with E-state index in [1.807, 2.05) is 0 Å². The van der Waals surface area contributed by atoms with Gasteiger partial charge < -0.3 is 5.73 Å². The van der Waals surface area contributed by atoms with E-state index in [9.17, 15) is 4.39 Å². The second-order valence-corrected chi connectivity index (χ2v) is 2.09. The molecule has 2 N–H and O–H groups in total. The van der Waals surface area contributed by atoms with Crippen LogP contribution in [0.1, 0.15) is 5.69 Å². The first-order chi connectivity index (χ1) is 4.74. The maximum absolute atomic E-state index is 12.3. The fraction of sp³-hybridized carbons (Fsp3) is 0.167. The van der Waals surface area contributed by atoms with Gasteiger partial charge in [0.25, 0.3) is 0 Å². The van der Waals surface area contributed by atoms with Crippen LogP contribution >= 0.6 is 11.6 Å². The van der Waals surface area contributed by atoms with Crippen LogP contribution in [0.4, 0.5) is 10.1 Å². The summed E-state index contributed by atoms with van der Waals surface area (Å²) in [6.07, 6.45) is 1.09. The highest BCUT2D eigenvalue weighted by Crippen LogP contribution is 2.11. The van der Waals surface area contributed by atoms with Crippen molar-refractivity contribution in [3.05, 3.63) is 23.8 Å². The van der Waals surface area contributed by atoms with Gasteiger partial charge in [0, 0.05) is 6.07 Å². The Kier molecular flexibility index (Phi) is 2.06. The van der Waals surface area contributed by atoms with Crippen molar-refractivity contribution < 1.29 is 4.39 Å². The van der Waals surface area contributed by atoms with E-state index in [0.717, 1.165) is 6.20 Å². The predicted octanol–water partition coefficient (Wildman–Crippen LogP) is 1.54. The van der Waals surface area contributed by atoms with Gasteiger partial charge in [0.05, 0.1) is 23.5 Å². The second kappa shape index (κ2) is 2.84. The number of pyridine rings is 1. The van der Waals surface area contributed by atoms with Crippen molar-refractivity contribution in [2.45, 2.75) is 5.88 Å². The molecule has 0 aromatic carbocycles. The SMILES string of the molecule is Nc1cc(F)cnc1CCl. The summed E-state index contributed by atoms with van der Waals surface area (Å²) >= 11 is 5.42. The van der Waals surface area contributed by atoms with Crippen LogP contribution in [0.5, 0.6) is 0 Å². The Bertz CT molecular complexity index is 239. The minimum Gasteiger partial charge on any atom is -0.397 e. The van der Waals surface area contributed by atoms with E-state index < -0.39 is 5.82 Å². The Morgan fingerprint density at radius 1 is 1.70 bits per heavy atom. The summed E-state index contributed by atoms with van der Waals surface area (Å²) in [5.41, 5.74) is 6.16. The van der Waals surface area contributed by atoms with Gasteiger partial charge >= 0.3 is 0 Å². The summed E-state index contributed by atoms with van der Waals surface area (Å²) in [7, 11) is 0. The van der Waals surface area contributed by atoms with Crippen LogP contribution in [0.15, 0.2) is 12.3 Å². The third kappa shape index (κ3) is 1.36. The molecule has 4 heteroatoms. The van der Waals surface area contributed by atoms with Gasteiger partial charge in [-0.05, 0) is 0 Å². The Balaban J connectivity index is 3.07. The zero-order valence-electron chi connectivity index (χ0n) is 5.14. The number of rotatable bonds is 1. The fourth-order valence-electron chi connectivity index (χ4n) is 0.595. The van der Waals surface area contributed by atoms with Crippen LogP contribution in [0, 0.1) is 5.82 Å². The largest absolute Gasteiger partial charge is 0.397 e. The van der Waals surface area contributed by atoms with E-state index in [2.05, 4.69) is 4.98 Å². The van der Waals surface area contributed by atoms with Crippen LogP contribution in [0.2, 0.25) is 0 Å². The van der Waals surface area contributed by atoms with Crippen molar-refractivity contribution in [2.24, 2.45) is 0 Å². The molecule has 2 nitrogen and oxygen atoms in total. The Morgan fingerprint density at radius 2 is 2.40 bits per heavy atom. The summed E-state index contributed by atoms with van der Waals surface area (Å²) < 4.78 is 12.3. The molecule has 1 aromatic heterocycles. The van der Waals surface area contributed by atoms with E-state index in [4.69, 9.17) is 17.3 Å². The van der Waals surface area contributed by atoms with Crippen LogP contribution in [0.3, 0.4) is 0 Å². The minimum absolute atomic E-state index is 0.214. The van der Waals surface area contributed by atoms with E-state index in [0.29, 0.717) is 11.4 Å². The van der Waals surface area contributed by atoms with Gasteiger partial charge in [0.15, 0.2) is 0 Å². The molecular formula is C6H6ClFN2. The molecule has 0 atom stereocenters. The normalized spacial score (nSPS) is 9.80. The van der Waals surface area contributed by atoms with Crippen LogP contribution in [-0.2, 0) is 5.88 Å². The molecule has 1 rings (SSSR count). The summed E-state index contributed by atoms with van der Waals surface area (Å²) in [5.74, 6) is -0.224. The van der Waals surface area contributed by atoms with Gasteiger partial charge in [-0.25, -0.2) is 4.39 Å². The molecule has 0 radical (unpaired) electrons. The summed E-state index contributed by atoms with van der Waals surface area (Å²) in [5, 5.41) is 0. The van der Waals surface area contributed by atoms with Gasteiger partial charge in [-0.1, -0.05) is 0 Å². The lowest BCUT2D eigenvalue weighted by molar-refractivity contribution is 0.621. The maximum Gasteiger partial charge on any atom is 0.143 e. The molecule has 0 aliphatic rings. The van der Waals surface area contributed by atoms with E-state index >= 15 is 0 Å². The molecule has 0 unspecified atom stereocenters. The summed E-state index contributed by atoms with van der Waals surface area (Å²) in [6.45, 7) is 0. The zero-order valence-corrected chi connectivity index (χ0v) is 5.90. The molecule has 0 aliphatic heterocycles. The summed E-state index contributed by atoms with van der Waals surface area (Å²) in [4.78, 5) is 3.66. The lowest BCUT2D eigenvalue weighted by Crippen LogP contribution is -1.95. The van der Waals surface area contributed by atoms with Crippen molar-refractivity contribution in [2.75, 3.05) is 5.73 Å². The molecule has 1 heterocycles. The molecule has 1 aromatic rings. The van der Waals surface area contributed by atoms with E-state index in [1.165, 1.54) is 6.07 Å². The lowest BCUT2D eigenvalue weighted by atomic mass is 10.3. The van der Waals surface area contributed by atoms with Crippen LogP contribution < -0.4 is 5.73 Å². The zero-order chi connectivity index (χ0) is 7.56. The van der Waals surface area contributed by atoms with Crippen LogP contribution in [-0.4, -0.2) is 4.98 Å². The molecule has 0 fully saturated rings. The first kappa shape index (κ1) is 7.28. The molecule has 10 heavy (non-hydrogen) atoms. The standard InChI is InChI=1S/C6H6ClFN2/c7-2-6-5(9)1-4(8)3-10-6/h1,3H,2,9H2. The van der Waals surface area contributed by atoms with Crippen molar-refractivity contribution in [3.63, 3.8) is 0 Å². The third-order valence-electron chi connectivity index (χ3n) is 1.10. The number of aromatic nitrogens is 1. The molecule has 0 saturated carbocycles. The highest BCUT2D eigenvalue weighted by atomic mass is 35.5. The number of hydrogen-bond acceptors (Lipinski definition) is 2. The number of nitrogens with two attached hydrogens (primary N) is 1. The molecule has 54 valence electrons. The van der Waals surface area contributed by atoms with Gasteiger partial charge in [-0.3, -0.25) is 4.98 Å². The van der Waals surface area contributed by atoms with Crippen molar-refractivity contribution in [3.8, 4) is 0 Å². The van der Waals surface area contributed by atoms with Crippen molar-refractivity contribution in [1.82, 2.24) is 4.98 Å². The first-order valence-electron chi connectivity index (χ1n) is 2.70. The quantitative estimate of drug-likeness (QED) is 0.633. The molecule has 0 spiro atoms. The van der Waals surface area contributed by atoms with Gasteiger partial charge in [-0.15, -0.1) is 11.6 Å². The average molecular weight is 161 g/mol. The number of nitrogens with zero attached hydrogens (tertiary/aromatic N) is 1. The predicted molar refractivity (Wildman–Crippen MR) is 38.2 cm³/mol. The number of anilines is 1. The molecule has 0 bridgehead atoms. The third-order valence-corrected chi connectivity index (χ3v) is 1.35. The Morgan fingerprint density at radius 3 is 2.90 bits per heavy atom. The van der Waals surface area contributed by atoms with Gasteiger partial charge in [0.2, 0.25) is 0 Å². The first-order valence-corrected chi connectivity index (χ1v) is 3.23. The number of hydrogen-bond donors (Lipinski definition) is 1. The molecule has 0 amide bonds. The van der Waals surface area contributed by atoms with Crippen molar-refractivity contribution in [1.29, 1.82) is 0 Å². The Hall–Kier alpha value is -0.830. The molecular weight excluding hydrogens is 155 g/mol. The highest BCUT2D eigenvalue weighted by Gasteiger charge is 1.99. The van der Waals surface area contributed by atoms with Crippen LogP contribution in [0.25, 0.3) is 0 Å². The Labute approximate surface area is 62.8 Å². The fourth-order valence-corrected chi connectivity index (χ4v) is 0.818. The monoisotopic (exact) mass is 160 g/mol. The van der Waals surface area contributed by atoms with E-state index in [1.54, 1.807) is 0 Å². The van der Waals surface area contributed by atoms with Gasteiger partial charge in [0.1, 0.15) is 5.82 Å². The van der Waals surface area contributed by atoms with Crippen molar-refractivity contribution >= 4 is 17.3 Å². The highest BCUT2D eigenvalue weighted by molar-refractivity contribution is 6.17. The smallest absolute Gasteiger partial charge is 0.143 e. The number of nitrogen functional groups attached to an aromatic ring is 1. The van der Waals surface area contributed by atoms with E-state index in [-0.39, 0.29) is 5.88 Å². The number of halogens is 2. The minimum atomic E-state index is -0.439. The summed E-state index contributed by atoms with van der Waals surface area (Å²) in [6, 6.07) is 1.20. The lowest BCUT2D eigenvalue weighted by Gasteiger charge is -1.98. The average Bonchev–Trinajstić information content (AvgIpc) is 1.88. The second-order valence-electron chi connectivity index (χ2n) is 1.82.